The van der Waals surface area contributed by atoms with E-state index in [1.54, 1.807) is 12.1 Å². The van der Waals surface area contributed by atoms with Crippen molar-refractivity contribution < 1.29 is 5.11 Å². The topological polar surface area (TPSA) is 32.3 Å². The zero-order valence-electron chi connectivity index (χ0n) is 10.8. The number of anilines is 1. The summed E-state index contributed by atoms with van der Waals surface area (Å²) in [5.41, 5.74) is 1.04. The molecule has 2 N–H and O–H groups in total. The molecule has 1 aliphatic rings. The molecule has 0 spiro atoms. The third kappa shape index (κ3) is 3.39. The fourth-order valence-electron chi connectivity index (χ4n) is 2.76. The maximum atomic E-state index is 9.42. The normalized spacial score (nSPS) is 24.9. The number of phenolic OH excluding ortho intramolecular Hbond substituents is 1. The molecule has 17 heavy (non-hydrogen) atoms. The van der Waals surface area contributed by atoms with Crippen LogP contribution in [0.15, 0.2) is 24.3 Å². The lowest BCUT2D eigenvalue weighted by Gasteiger charge is -2.31. The average molecular weight is 233 g/mol. The molecular weight excluding hydrogens is 210 g/mol. The smallest absolute Gasteiger partial charge is 0.117 e. The van der Waals surface area contributed by atoms with Crippen molar-refractivity contribution in [3.63, 3.8) is 0 Å². The van der Waals surface area contributed by atoms with Crippen LogP contribution in [0.3, 0.4) is 0 Å². The van der Waals surface area contributed by atoms with E-state index in [-0.39, 0.29) is 0 Å². The fraction of sp³-hybridized carbons (Fsp3) is 0.600. The molecule has 0 bridgehead atoms. The molecule has 2 nitrogen and oxygen atoms in total. The minimum Gasteiger partial charge on any atom is -0.508 e. The van der Waals surface area contributed by atoms with Crippen molar-refractivity contribution >= 4 is 5.69 Å². The van der Waals surface area contributed by atoms with Crippen LogP contribution >= 0.6 is 0 Å². The molecule has 1 aromatic carbocycles. The highest BCUT2D eigenvalue weighted by atomic mass is 16.3. The SMILES string of the molecule is CC(C)C1CCC(Nc2cccc(O)c2)CC1. The van der Waals surface area contributed by atoms with Gasteiger partial charge in [-0.05, 0) is 49.7 Å². The molecule has 0 saturated heterocycles. The van der Waals surface area contributed by atoms with Crippen LogP contribution in [0, 0.1) is 11.8 Å². The molecule has 94 valence electrons. The van der Waals surface area contributed by atoms with Gasteiger partial charge in [-0.2, -0.15) is 0 Å². The van der Waals surface area contributed by atoms with Gasteiger partial charge in [0.2, 0.25) is 0 Å². The number of benzene rings is 1. The summed E-state index contributed by atoms with van der Waals surface area (Å²) in [4.78, 5) is 0. The van der Waals surface area contributed by atoms with Crippen LogP contribution in [0.4, 0.5) is 5.69 Å². The molecule has 2 rings (SSSR count). The van der Waals surface area contributed by atoms with E-state index in [2.05, 4.69) is 19.2 Å². The zero-order valence-corrected chi connectivity index (χ0v) is 10.8. The van der Waals surface area contributed by atoms with Crippen LogP contribution in [-0.2, 0) is 0 Å². The molecule has 0 unspecified atom stereocenters. The molecule has 1 fully saturated rings. The van der Waals surface area contributed by atoms with Crippen molar-refractivity contribution in [2.24, 2.45) is 11.8 Å². The van der Waals surface area contributed by atoms with E-state index < -0.39 is 0 Å². The largest absolute Gasteiger partial charge is 0.508 e. The molecular formula is C15H23NO. The monoisotopic (exact) mass is 233 g/mol. The summed E-state index contributed by atoms with van der Waals surface area (Å²) in [6.07, 6.45) is 5.15. The maximum absolute atomic E-state index is 9.42. The molecule has 0 heterocycles. The molecule has 0 aliphatic heterocycles. The lowest BCUT2D eigenvalue weighted by atomic mass is 9.79. The first-order valence-electron chi connectivity index (χ1n) is 6.70. The predicted molar refractivity (Wildman–Crippen MR) is 72.3 cm³/mol. The van der Waals surface area contributed by atoms with Crippen LogP contribution in [-0.4, -0.2) is 11.1 Å². The lowest BCUT2D eigenvalue weighted by Crippen LogP contribution is -2.27. The number of phenols is 1. The Balaban J connectivity index is 1.86. The van der Waals surface area contributed by atoms with Crippen molar-refractivity contribution in [1.82, 2.24) is 0 Å². The van der Waals surface area contributed by atoms with E-state index in [1.165, 1.54) is 25.7 Å². The quantitative estimate of drug-likeness (QED) is 0.826. The van der Waals surface area contributed by atoms with E-state index >= 15 is 0 Å². The van der Waals surface area contributed by atoms with Crippen LogP contribution in [0.2, 0.25) is 0 Å². The third-order valence-corrected chi connectivity index (χ3v) is 3.93. The highest BCUT2D eigenvalue weighted by molar-refractivity contribution is 5.48. The Morgan fingerprint density at radius 1 is 1.18 bits per heavy atom. The van der Waals surface area contributed by atoms with Gasteiger partial charge in [0.1, 0.15) is 5.75 Å². The minimum atomic E-state index is 0.339. The summed E-state index contributed by atoms with van der Waals surface area (Å²) in [5.74, 6) is 2.06. The van der Waals surface area contributed by atoms with Gasteiger partial charge in [0.05, 0.1) is 0 Å². The van der Waals surface area contributed by atoms with E-state index in [0.29, 0.717) is 11.8 Å². The molecule has 1 saturated carbocycles. The number of rotatable bonds is 3. The Hall–Kier alpha value is -1.18. The second-order valence-electron chi connectivity index (χ2n) is 5.55. The second-order valence-corrected chi connectivity index (χ2v) is 5.55. The number of aromatic hydroxyl groups is 1. The molecule has 1 aromatic rings. The van der Waals surface area contributed by atoms with Gasteiger partial charge in [-0.3, -0.25) is 0 Å². The molecule has 1 aliphatic carbocycles. The zero-order chi connectivity index (χ0) is 12.3. The average Bonchev–Trinajstić information content (AvgIpc) is 2.29. The summed E-state index contributed by atoms with van der Waals surface area (Å²) >= 11 is 0. The number of hydrogen-bond acceptors (Lipinski definition) is 2. The summed E-state index contributed by atoms with van der Waals surface area (Å²) in [5, 5.41) is 12.9. The van der Waals surface area contributed by atoms with Crippen molar-refractivity contribution in [1.29, 1.82) is 0 Å². The Morgan fingerprint density at radius 2 is 1.88 bits per heavy atom. The first-order valence-corrected chi connectivity index (χ1v) is 6.70. The van der Waals surface area contributed by atoms with Gasteiger partial charge in [0.25, 0.3) is 0 Å². The third-order valence-electron chi connectivity index (χ3n) is 3.93. The van der Waals surface area contributed by atoms with Crippen molar-refractivity contribution in [3.8, 4) is 5.75 Å². The van der Waals surface area contributed by atoms with Crippen LogP contribution < -0.4 is 5.32 Å². The first-order chi connectivity index (χ1) is 8.15. The Labute approximate surface area is 104 Å². The summed E-state index contributed by atoms with van der Waals surface area (Å²) in [6, 6.07) is 7.99. The van der Waals surface area contributed by atoms with Crippen LogP contribution in [0.25, 0.3) is 0 Å². The Bertz CT molecular complexity index is 354. The number of nitrogens with one attached hydrogen (secondary N) is 1. The first kappa shape index (κ1) is 12.3. The fourth-order valence-corrected chi connectivity index (χ4v) is 2.76. The summed E-state index contributed by atoms with van der Waals surface area (Å²) in [7, 11) is 0. The van der Waals surface area contributed by atoms with E-state index in [9.17, 15) is 5.11 Å². The summed E-state index contributed by atoms with van der Waals surface area (Å²) < 4.78 is 0. The molecule has 0 amide bonds. The van der Waals surface area contributed by atoms with Crippen molar-refractivity contribution in [2.75, 3.05) is 5.32 Å². The van der Waals surface area contributed by atoms with Gasteiger partial charge >= 0.3 is 0 Å². The number of hydrogen-bond donors (Lipinski definition) is 2. The minimum absolute atomic E-state index is 0.339. The van der Waals surface area contributed by atoms with Crippen molar-refractivity contribution in [3.05, 3.63) is 24.3 Å². The Kier molecular flexibility index (Phi) is 3.93. The maximum Gasteiger partial charge on any atom is 0.117 e. The van der Waals surface area contributed by atoms with Gasteiger partial charge in [-0.25, -0.2) is 0 Å². The van der Waals surface area contributed by atoms with Crippen LogP contribution in [0.1, 0.15) is 39.5 Å². The second kappa shape index (κ2) is 5.44. The molecule has 0 aromatic heterocycles. The highest BCUT2D eigenvalue weighted by Crippen LogP contribution is 2.31. The Morgan fingerprint density at radius 3 is 2.47 bits per heavy atom. The molecule has 0 radical (unpaired) electrons. The predicted octanol–water partition coefficient (Wildman–Crippen LogP) is 4.02. The van der Waals surface area contributed by atoms with Gasteiger partial charge in [0.15, 0.2) is 0 Å². The summed E-state index contributed by atoms with van der Waals surface area (Å²) in [6.45, 7) is 4.65. The lowest BCUT2D eigenvalue weighted by molar-refractivity contribution is 0.267. The van der Waals surface area contributed by atoms with E-state index in [4.69, 9.17) is 0 Å². The van der Waals surface area contributed by atoms with Gasteiger partial charge in [-0.1, -0.05) is 19.9 Å². The molecule has 0 atom stereocenters. The van der Waals surface area contributed by atoms with Crippen LogP contribution in [0.5, 0.6) is 5.75 Å². The van der Waals surface area contributed by atoms with Gasteiger partial charge < -0.3 is 10.4 Å². The van der Waals surface area contributed by atoms with Gasteiger partial charge in [-0.15, -0.1) is 0 Å². The van der Waals surface area contributed by atoms with E-state index in [1.807, 2.05) is 12.1 Å². The van der Waals surface area contributed by atoms with E-state index in [0.717, 1.165) is 17.5 Å². The standard InChI is InChI=1S/C15H23NO/c1-11(2)12-6-8-13(9-7-12)16-14-4-3-5-15(17)10-14/h3-5,10-13,16-17H,6-9H2,1-2H3. The molecule has 2 heteroatoms. The highest BCUT2D eigenvalue weighted by Gasteiger charge is 2.22. The van der Waals surface area contributed by atoms with Crippen molar-refractivity contribution in [2.45, 2.75) is 45.6 Å². The van der Waals surface area contributed by atoms with Gasteiger partial charge in [0, 0.05) is 17.8 Å².